The minimum atomic E-state index is -3.68. The Labute approximate surface area is 170 Å². The molecule has 0 aliphatic heterocycles. The number of carbonyl (C=O) groups is 2. The number of hydrogen-bond acceptors (Lipinski definition) is 5. The summed E-state index contributed by atoms with van der Waals surface area (Å²) in [6.07, 6.45) is 0.854. The molecule has 1 aromatic carbocycles. The maximum atomic E-state index is 12.3. The molecule has 0 radical (unpaired) electrons. The van der Waals surface area contributed by atoms with Gasteiger partial charge in [0.15, 0.2) is 0 Å². The van der Waals surface area contributed by atoms with Gasteiger partial charge in [0.05, 0.1) is 4.90 Å². The van der Waals surface area contributed by atoms with Gasteiger partial charge in [0, 0.05) is 23.6 Å². The molecule has 1 amide bonds. The summed E-state index contributed by atoms with van der Waals surface area (Å²) >= 11 is 0. The fourth-order valence-electron chi connectivity index (χ4n) is 1.98. The topological polar surface area (TPSA) is 115 Å². The van der Waals surface area contributed by atoms with Crippen molar-refractivity contribution < 1.29 is 52.7 Å². The van der Waals surface area contributed by atoms with Crippen LogP contribution in [0.5, 0.6) is 0 Å². The Hall–Kier alpha value is -0.930. The number of rotatable bonds is 8. The second-order valence-corrected chi connectivity index (χ2v) is 8.19. The summed E-state index contributed by atoms with van der Waals surface area (Å²) in [7, 11) is -3.68. The third-order valence-corrected chi connectivity index (χ3v) is 4.66. The van der Waals surface area contributed by atoms with Crippen molar-refractivity contribution >= 4 is 27.6 Å². The molecule has 0 bridgehead atoms. The normalized spacial score (nSPS) is 11.5. The molecule has 0 unspecified atom stereocenters. The number of sulfonamides is 1. The molecule has 0 spiro atoms. The molecule has 0 heterocycles. The van der Waals surface area contributed by atoms with Gasteiger partial charge in [-0.1, -0.05) is 6.07 Å². The van der Waals surface area contributed by atoms with Crippen molar-refractivity contribution in [3.05, 3.63) is 24.3 Å². The van der Waals surface area contributed by atoms with Crippen molar-refractivity contribution in [1.82, 2.24) is 4.72 Å². The molecule has 1 rings (SSSR count). The van der Waals surface area contributed by atoms with Crippen molar-refractivity contribution in [3.8, 4) is 0 Å². The van der Waals surface area contributed by atoms with Gasteiger partial charge in [0.2, 0.25) is 15.9 Å². The van der Waals surface area contributed by atoms with E-state index in [2.05, 4.69) is 10.0 Å². The van der Waals surface area contributed by atoms with Gasteiger partial charge >= 0.3 is 29.6 Å². The third kappa shape index (κ3) is 9.96. The number of benzene rings is 1. The number of unbranched alkanes of at least 4 members (excludes halogenated alkanes) is 1. The summed E-state index contributed by atoms with van der Waals surface area (Å²) in [5, 5.41) is 12.9. The average Bonchev–Trinajstić information content (AvgIpc) is 2.41. The van der Waals surface area contributed by atoms with E-state index in [4.69, 9.17) is 0 Å². The van der Waals surface area contributed by atoms with Gasteiger partial charge in [0.25, 0.3) is 0 Å². The van der Waals surface area contributed by atoms with Gasteiger partial charge < -0.3 is 15.2 Å². The summed E-state index contributed by atoms with van der Waals surface area (Å²) in [5.74, 6) is -1.44. The quantitative estimate of drug-likeness (QED) is 0.402. The molecule has 134 valence electrons. The number of carbonyl (C=O) groups excluding carboxylic acids is 2. The number of anilines is 1. The second kappa shape index (κ2) is 10.3. The van der Waals surface area contributed by atoms with Gasteiger partial charge in [0.1, 0.15) is 0 Å². The zero-order valence-electron chi connectivity index (χ0n) is 15.1. The predicted octanol–water partition coefficient (Wildman–Crippen LogP) is -1.98. The zero-order valence-corrected chi connectivity index (χ0v) is 17.9. The van der Waals surface area contributed by atoms with Gasteiger partial charge in [-0.05, 0) is 58.2 Å². The van der Waals surface area contributed by atoms with E-state index in [1.54, 1.807) is 32.9 Å². The molecule has 0 saturated carbocycles. The first-order valence-corrected chi connectivity index (χ1v) is 9.12. The fourth-order valence-corrected chi connectivity index (χ4v) is 3.45. The summed E-state index contributed by atoms with van der Waals surface area (Å²) in [5.41, 5.74) is -0.242. The maximum Gasteiger partial charge on any atom is 1.00 e. The Bertz CT molecular complexity index is 699. The van der Waals surface area contributed by atoms with E-state index in [9.17, 15) is 23.1 Å². The fraction of sp³-hybridized carbons (Fsp3) is 0.500. The van der Waals surface area contributed by atoms with Gasteiger partial charge in [-0.3, -0.25) is 4.79 Å². The van der Waals surface area contributed by atoms with Crippen LogP contribution >= 0.6 is 0 Å². The Morgan fingerprint density at radius 2 is 1.72 bits per heavy atom. The number of hydrogen-bond donors (Lipinski definition) is 2. The molecule has 0 aliphatic rings. The Kier molecular flexibility index (Phi) is 9.89. The van der Waals surface area contributed by atoms with Crippen molar-refractivity contribution in [3.63, 3.8) is 0 Å². The molecule has 0 aromatic heterocycles. The molecule has 1 aromatic rings. The summed E-state index contributed by atoms with van der Waals surface area (Å²) in [6, 6.07) is 5.97. The molecular formula is C16H23N2NaO5S. The van der Waals surface area contributed by atoms with E-state index in [0.717, 1.165) is 0 Å². The maximum absolute atomic E-state index is 12.3. The smallest absolute Gasteiger partial charge is 0.550 e. The van der Waals surface area contributed by atoms with Crippen LogP contribution in [0.25, 0.3) is 0 Å². The van der Waals surface area contributed by atoms with E-state index < -0.39 is 21.5 Å². The van der Waals surface area contributed by atoms with Gasteiger partial charge in [-0.2, -0.15) is 0 Å². The number of aliphatic carboxylic acids is 1. The van der Waals surface area contributed by atoms with Crippen molar-refractivity contribution in [1.29, 1.82) is 0 Å². The Morgan fingerprint density at radius 3 is 2.28 bits per heavy atom. The van der Waals surface area contributed by atoms with Crippen LogP contribution < -0.4 is 44.7 Å². The van der Waals surface area contributed by atoms with E-state index in [-0.39, 0.29) is 53.2 Å². The van der Waals surface area contributed by atoms with Crippen LogP contribution in [0.15, 0.2) is 29.2 Å². The number of amides is 1. The van der Waals surface area contributed by atoms with Crippen LogP contribution in [0.1, 0.15) is 46.5 Å². The molecular weight excluding hydrogens is 355 g/mol. The summed E-state index contributed by atoms with van der Waals surface area (Å²) < 4.78 is 27.1. The van der Waals surface area contributed by atoms with Crippen LogP contribution in [0.4, 0.5) is 5.69 Å². The molecule has 7 nitrogen and oxygen atoms in total. The van der Waals surface area contributed by atoms with E-state index in [1.165, 1.54) is 12.1 Å². The van der Waals surface area contributed by atoms with Gasteiger partial charge in [-0.15, -0.1) is 0 Å². The molecule has 2 N–H and O–H groups in total. The SMILES string of the molecule is CC(C)(C)NS(=O)(=O)c1cccc(NC(=O)CCCCC(=O)[O-])c1.[Na+]. The first-order valence-electron chi connectivity index (χ1n) is 7.63. The summed E-state index contributed by atoms with van der Waals surface area (Å²) in [4.78, 5) is 22.2. The van der Waals surface area contributed by atoms with E-state index in [1.807, 2.05) is 0 Å². The average molecular weight is 378 g/mol. The largest absolute Gasteiger partial charge is 1.00 e. The monoisotopic (exact) mass is 378 g/mol. The van der Waals surface area contributed by atoms with Crippen molar-refractivity contribution in [2.45, 2.75) is 56.9 Å². The molecule has 0 aliphatic carbocycles. The number of carboxylic acids is 1. The van der Waals surface area contributed by atoms with Crippen LogP contribution in [-0.2, 0) is 19.6 Å². The van der Waals surface area contributed by atoms with Crippen molar-refractivity contribution in [2.24, 2.45) is 0 Å². The Morgan fingerprint density at radius 1 is 1.12 bits per heavy atom. The third-order valence-electron chi connectivity index (χ3n) is 2.90. The molecule has 0 fully saturated rings. The van der Waals surface area contributed by atoms with Crippen LogP contribution in [0.3, 0.4) is 0 Å². The number of nitrogens with one attached hydrogen (secondary N) is 2. The van der Waals surface area contributed by atoms with E-state index >= 15 is 0 Å². The molecule has 9 heteroatoms. The molecule has 0 atom stereocenters. The number of carboxylic acid groups (broad SMARTS) is 1. The van der Waals surface area contributed by atoms with Gasteiger partial charge in [-0.25, -0.2) is 13.1 Å². The minimum absolute atomic E-state index is 0. The Balaban J connectivity index is 0.00000576. The minimum Gasteiger partial charge on any atom is -0.550 e. The second-order valence-electron chi connectivity index (χ2n) is 6.51. The predicted molar refractivity (Wildman–Crippen MR) is 88.6 cm³/mol. The van der Waals surface area contributed by atoms with Crippen LogP contribution in [0, 0.1) is 0 Å². The molecule has 25 heavy (non-hydrogen) atoms. The van der Waals surface area contributed by atoms with Crippen LogP contribution in [-0.4, -0.2) is 25.8 Å². The zero-order chi connectivity index (χ0) is 18.4. The first kappa shape index (κ1) is 24.1. The first-order chi connectivity index (χ1) is 11.0. The van der Waals surface area contributed by atoms with Crippen LogP contribution in [0.2, 0.25) is 0 Å². The molecule has 0 saturated heterocycles. The standard InChI is InChI=1S/C16H24N2O5S.Na/c1-16(2,3)18-24(22,23)13-8-6-7-12(11-13)17-14(19)9-4-5-10-15(20)21;/h6-8,11,18H,4-5,9-10H2,1-3H3,(H,17,19)(H,20,21);/q;+1/p-1. The summed E-state index contributed by atoms with van der Waals surface area (Å²) in [6.45, 7) is 5.22. The van der Waals surface area contributed by atoms with Crippen molar-refractivity contribution in [2.75, 3.05) is 5.32 Å². The van der Waals surface area contributed by atoms with E-state index in [0.29, 0.717) is 18.5 Å².